The summed E-state index contributed by atoms with van der Waals surface area (Å²) in [5.41, 5.74) is 0.778. The Kier molecular flexibility index (Phi) is 5.81. The Hall–Kier alpha value is -2.00. The van der Waals surface area contributed by atoms with Crippen LogP contribution in [0.5, 0.6) is 0 Å². The molecule has 0 spiro atoms. The number of thiazole rings is 1. The van der Waals surface area contributed by atoms with Crippen molar-refractivity contribution >= 4 is 54.2 Å². The zero-order valence-electron chi connectivity index (χ0n) is 14.6. The number of carbonyl (C=O) groups is 1. The maximum Gasteiger partial charge on any atom is 0.244 e. The first-order valence-corrected chi connectivity index (χ1v) is 10.9. The van der Waals surface area contributed by atoms with E-state index in [2.05, 4.69) is 15.0 Å². The minimum atomic E-state index is -3.87. The molecule has 1 amide bonds. The van der Waals surface area contributed by atoms with Crippen LogP contribution in [0.15, 0.2) is 53.4 Å². The van der Waals surface area contributed by atoms with E-state index in [9.17, 15) is 13.2 Å². The molecule has 1 aromatic heterocycles. The van der Waals surface area contributed by atoms with Gasteiger partial charge in [0, 0.05) is 5.02 Å². The molecule has 0 unspecified atom stereocenters. The van der Waals surface area contributed by atoms with Gasteiger partial charge in [-0.25, -0.2) is 13.4 Å². The van der Waals surface area contributed by atoms with Gasteiger partial charge in [-0.15, -0.1) is 0 Å². The topological polar surface area (TPSA) is 88.2 Å². The van der Waals surface area contributed by atoms with Crippen LogP contribution < -0.4 is 10.0 Å². The van der Waals surface area contributed by atoms with Crippen molar-refractivity contribution in [2.75, 3.05) is 5.32 Å². The van der Waals surface area contributed by atoms with Crippen LogP contribution in [0, 0.1) is 5.92 Å². The molecule has 9 heteroatoms. The minimum absolute atomic E-state index is 0.0466. The molecule has 0 fully saturated rings. The van der Waals surface area contributed by atoms with E-state index in [1.165, 1.54) is 35.6 Å². The molecule has 3 aromatic rings. The first-order chi connectivity index (χ1) is 12.8. The predicted molar refractivity (Wildman–Crippen MR) is 109 cm³/mol. The number of nitrogens with one attached hydrogen (secondary N) is 2. The van der Waals surface area contributed by atoms with E-state index in [4.69, 9.17) is 11.6 Å². The smallest absolute Gasteiger partial charge is 0.244 e. The summed E-state index contributed by atoms with van der Waals surface area (Å²) in [7, 11) is -3.87. The van der Waals surface area contributed by atoms with Crippen molar-refractivity contribution in [3.05, 3.63) is 53.6 Å². The highest BCUT2D eigenvalue weighted by Crippen LogP contribution is 2.26. The van der Waals surface area contributed by atoms with Gasteiger partial charge in [0.2, 0.25) is 15.9 Å². The Bertz CT molecular complexity index is 1030. The van der Waals surface area contributed by atoms with Gasteiger partial charge in [-0.2, -0.15) is 4.72 Å². The molecular formula is C18H18ClN3O3S2. The van der Waals surface area contributed by atoms with E-state index in [-0.39, 0.29) is 10.8 Å². The molecule has 0 aliphatic carbocycles. The Morgan fingerprint density at radius 1 is 1.11 bits per heavy atom. The van der Waals surface area contributed by atoms with Crippen molar-refractivity contribution in [2.24, 2.45) is 5.92 Å². The third-order valence-electron chi connectivity index (χ3n) is 3.88. The number of fused-ring (bicyclic) bond motifs is 1. The summed E-state index contributed by atoms with van der Waals surface area (Å²) in [6, 6.07) is 12.3. The number of carbonyl (C=O) groups excluding carboxylic acids is 1. The SMILES string of the molecule is CC(C)[C@@H](NS(=O)(=O)c1ccc(Cl)cc1)C(=O)Nc1nc2ccccc2s1. The number of anilines is 1. The van der Waals surface area contributed by atoms with Crippen LogP contribution in [0.1, 0.15) is 13.8 Å². The summed E-state index contributed by atoms with van der Waals surface area (Å²) in [5.74, 6) is -0.719. The summed E-state index contributed by atoms with van der Waals surface area (Å²) in [6.45, 7) is 3.54. The number of benzene rings is 2. The van der Waals surface area contributed by atoms with Gasteiger partial charge in [-0.05, 0) is 42.3 Å². The third kappa shape index (κ3) is 4.65. The molecule has 1 heterocycles. The van der Waals surface area contributed by atoms with Gasteiger partial charge in [0.15, 0.2) is 5.13 Å². The Balaban J connectivity index is 1.79. The lowest BCUT2D eigenvalue weighted by molar-refractivity contribution is -0.118. The monoisotopic (exact) mass is 423 g/mol. The second kappa shape index (κ2) is 7.93. The second-order valence-electron chi connectivity index (χ2n) is 6.27. The lowest BCUT2D eigenvalue weighted by atomic mass is 10.1. The molecule has 6 nitrogen and oxygen atoms in total. The van der Waals surface area contributed by atoms with Crippen molar-refractivity contribution < 1.29 is 13.2 Å². The summed E-state index contributed by atoms with van der Waals surface area (Å²) in [5, 5.41) is 3.58. The number of nitrogens with zero attached hydrogens (tertiary/aromatic N) is 1. The van der Waals surface area contributed by atoms with Crippen LogP contribution in [-0.2, 0) is 14.8 Å². The molecule has 27 heavy (non-hydrogen) atoms. The van der Waals surface area contributed by atoms with Crippen molar-refractivity contribution in [3.63, 3.8) is 0 Å². The quantitative estimate of drug-likeness (QED) is 0.629. The van der Waals surface area contributed by atoms with Gasteiger partial charge in [0.1, 0.15) is 6.04 Å². The maximum atomic E-state index is 12.7. The Morgan fingerprint density at radius 2 is 1.78 bits per heavy atom. The Morgan fingerprint density at radius 3 is 2.41 bits per heavy atom. The molecule has 2 N–H and O–H groups in total. The second-order valence-corrected chi connectivity index (χ2v) is 9.45. The summed E-state index contributed by atoms with van der Waals surface area (Å²) < 4.78 is 28.6. The number of halogens is 1. The van der Waals surface area contributed by atoms with Crippen LogP contribution in [0.3, 0.4) is 0 Å². The zero-order chi connectivity index (χ0) is 19.6. The lowest BCUT2D eigenvalue weighted by Gasteiger charge is -2.21. The van der Waals surface area contributed by atoms with Crippen molar-refractivity contribution in [1.29, 1.82) is 0 Å². The normalized spacial score (nSPS) is 13.0. The molecule has 0 saturated carbocycles. The van der Waals surface area contributed by atoms with E-state index in [1.54, 1.807) is 13.8 Å². The van der Waals surface area contributed by atoms with Crippen molar-refractivity contribution in [3.8, 4) is 0 Å². The van der Waals surface area contributed by atoms with E-state index in [0.717, 1.165) is 10.2 Å². The maximum absolute atomic E-state index is 12.7. The first-order valence-electron chi connectivity index (χ1n) is 8.20. The minimum Gasteiger partial charge on any atom is -0.301 e. The highest BCUT2D eigenvalue weighted by atomic mass is 35.5. The first kappa shape index (κ1) is 19.8. The average molecular weight is 424 g/mol. The van der Waals surface area contributed by atoms with E-state index >= 15 is 0 Å². The molecule has 0 saturated heterocycles. The van der Waals surface area contributed by atoms with Gasteiger partial charge in [0.25, 0.3) is 0 Å². The fourth-order valence-electron chi connectivity index (χ4n) is 2.45. The van der Waals surface area contributed by atoms with Crippen molar-refractivity contribution in [1.82, 2.24) is 9.71 Å². The number of amides is 1. The summed E-state index contributed by atoms with van der Waals surface area (Å²) >= 11 is 7.14. The molecule has 142 valence electrons. The van der Waals surface area contributed by atoms with Crippen LogP contribution in [0.2, 0.25) is 5.02 Å². The highest BCUT2D eigenvalue weighted by molar-refractivity contribution is 7.89. The molecule has 0 aliphatic heterocycles. The highest BCUT2D eigenvalue weighted by Gasteiger charge is 2.29. The predicted octanol–water partition coefficient (Wildman–Crippen LogP) is 3.89. The van der Waals surface area contributed by atoms with E-state index in [0.29, 0.717) is 10.2 Å². The number of hydrogen-bond donors (Lipinski definition) is 2. The lowest BCUT2D eigenvalue weighted by Crippen LogP contribution is -2.47. The van der Waals surface area contributed by atoms with Crippen LogP contribution in [0.4, 0.5) is 5.13 Å². The number of aromatic nitrogens is 1. The molecule has 1 atom stereocenters. The van der Waals surface area contributed by atoms with Gasteiger partial charge in [0.05, 0.1) is 15.1 Å². The third-order valence-corrected chi connectivity index (χ3v) is 6.54. The van der Waals surface area contributed by atoms with E-state index < -0.39 is 22.0 Å². The summed E-state index contributed by atoms with van der Waals surface area (Å²) in [6.07, 6.45) is 0. The molecule has 3 rings (SSSR count). The molecule has 2 aromatic carbocycles. The van der Waals surface area contributed by atoms with Crippen LogP contribution in [0.25, 0.3) is 10.2 Å². The average Bonchev–Trinajstić information content (AvgIpc) is 3.02. The van der Waals surface area contributed by atoms with Gasteiger partial charge in [-0.3, -0.25) is 4.79 Å². The van der Waals surface area contributed by atoms with Crippen LogP contribution >= 0.6 is 22.9 Å². The fourth-order valence-corrected chi connectivity index (χ4v) is 4.79. The van der Waals surface area contributed by atoms with Crippen molar-refractivity contribution in [2.45, 2.75) is 24.8 Å². The molecule has 0 radical (unpaired) electrons. The van der Waals surface area contributed by atoms with E-state index in [1.807, 2.05) is 24.3 Å². The fraction of sp³-hybridized carbons (Fsp3) is 0.222. The number of hydrogen-bond acceptors (Lipinski definition) is 5. The molecule has 0 bridgehead atoms. The zero-order valence-corrected chi connectivity index (χ0v) is 17.0. The van der Waals surface area contributed by atoms with Gasteiger partial charge >= 0.3 is 0 Å². The number of para-hydroxylation sites is 1. The van der Waals surface area contributed by atoms with Gasteiger partial charge < -0.3 is 5.32 Å². The largest absolute Gasteiger partial charge is 0.301 e. The van der Waals surface area contributed by atoms with Crippen LogP contribution in [-0.4, -0.2) is 25.4 Å². The Labute approximate surface area is 166 Å². The van der Waals surface area contributed by atoms with Gasteiger partial charge in [-0.1, -0.05) is 48.9 Å². The number of sulfonamides is 1. The standard InChI is InChI=1S/C18H18ClN3O3S2/c1-11(2)16(22-27(24,25)13-9-7-12(19)8-10-13)17(23)21-18-20-14-5-3-4-6-15(14)26-18/h3-11,16,22H,1-2H3,(H,20,21,23)/t16-/m1/s1. The number of rotatable bonds is 6. The molecule has 0 aliphatic rings. The molecular weight excluding hydrogens is 406 g/mol. The summed E-state index contributed by atoms with van der Waals surface area (Å²) in [4.78, 5) is 17.1.